The number of esters is 1. The van der Waals surface area contributed by atoms with Gasteiger partial charge in [-0.05, 0) is 56.2 Å². The van der Waals surface area contributed by atoms with Gasteiger partial charge in [-0.3, -0.25) is 4.79 Å². The van der Waals surface area contributed by atoms with Crippen molar-refractivity contribution in [2.75, 3.05) is 17.2 Å². The average Bonchev–Trinajstić information content (AvgIpc) is 2.70. The van der Waals surface area contributed by atoms with Crippen LogP contribution in [0.4, 0.5) is 11.5 Å². The molecule has 0 unspecified atom stereocenters. The molecule has 1 saturated carbocycles. The third kappa shape index (κ3) is 5.29. The Kier molecular flexibility index (Phi) is 6.41. The Morgan fingerprint density at radius 1 is 1.04 bits per heavy atom. The van der Waals surface area contributed by atoms with E-state index >= 15 is 0 Å². The predicted octanol–water partition coefficient (Wildman–Crippen LogP) is 4.26. The Labute approximate surface area is 159 Å². The quantitative estimate of drug-likeness (QED) is 0.746. The van der Waals surface area contributed by atoms with E-state index in [0.29, 0.717) is 29.5 Å². The maximum absolute atomic E-state index is 12.4. The summed E-state index contributed by atoms with van der Waals surface area (Å²) in [5.41, 5.74) is 1.55. The van der Waals surface area contributed by atoms with Crippen LogP contribution in [0.15, 0.2) is 42.6 Å². The second-order valence-electron chi connectivity index (χ2n) is 6.66. The molecule has 2 N–H and O–H groups in total. The summed E-state index contributed by atoms with van der Waals surface area (Å²) in [6.07, 6.45) is 7.75. The third-order valence-corrected chi connectivity index (χ3v) is 4.64. The summed E-state index contributed by atoms with van der Waals surface area (Å²) in [6, 6.07) is 10.7. The fourth-order valence-electron chi connectivity index (χ4n) is 3.18. The van der Waals surface area contributed by atoms with E-state index in [1.807, 2.05) is 6.07 Å². The van der Waals surface area contributed by atoms with Crippen molar-refractivity contribution >= 4 is 23.4 Å². The van der Waals surface area contributed by atoms with Gasteiger partial charge in [-0.25, -0.2) is 9.78 Å². The maximum atomic E-state index is 12.4. The molecule has 3 rings (SSSR count). The van der Waals surface area contributed by atoms with Gasteiger partial charge in [0.1, 0.15) is 5.82 Å². The van der Waals surface area contributed by atoms with Crippen LogP contribution in [0.2, 0.25) is 0 Å². The zero-order valence-corrected chi connectivity index (χ0v) is 15.5. The molecule has 1 amide bonds. The van der Waals surface area contributed by atoms with E-state index in [1.165, 1.54) is 32.1 Å². The summed E-state index contributed by atoms with van der Waals surface area (Å²) in [6.45, 7) is 2.09. The number of carbonyl (C=O) groups is 2. The normalized spacial score (nSPS) is 14.4. The highest BCUT2D eigenvalue weighted by molar-refractivity contribution is 6.04. The van der Waals surface area contributed by atoms with Gasteiger partial charge >= 0.3 is 5.97 Å². The third-order valence-electron chi connectivity index (χ3n) is 4.64. The highest BCUT2D eigenvalue weighted by atomic mass is 16.5. The van der Waals surface area contributed by atoms with Crippen molar-refractivity contribution in [3.63, 3.8) is 0 Å². The van der Waals surface area contributed by atoms with E-state index < -0.39 is 0 Å². The molecule has 1 aromatic carbocycles. The minimum Gasteiger partial charge on any atom is -0.462 e. The molecule has 1 aromatic heterocycles. The van der Waals surface area contributed by atoms with Crippen molar-refractivity contribution in [3.05, 3.63) is 53.7 Å². The predicted molar refractivity (Wildman–Crippen MR) is 105 cm³/mol. The zero-order valence-electron chi connectivity index (χ0n) is 15.5. The molecule has 6 heteroatoms. The molecule has 6 nitrogen and oxygen atoms in total. The number of amides is 1. The van der Waals surface area contributed by atoms with Crippen LogP contribution in [0, 0.1) is 0 Å². The Morgan fingerprint density at radius 3 is 2.37 bits per heavy atom. The molecule has 1 aliphatic rings. The molecular formula is C21H25N3O3. The van der Waals surface area contributed by atoms with Gasteiger partial charge in [0.2, 0.25) is 0 Å². The summed E-state index contributed by atoms with van der Waals surface area (Å²) in [5, 5.41) is 6.24. The monoisotopic (exact) mass is 367 g/mol. The lowest BCUT2D eigenvalue weighted by molar-refractivity contribution is 0.0526. The molecule has 0 atom stereocenters. The van der Waals surface area contributed by atoms with Crippen LogP contribution in [0.3, 0.4) is 0 Å². The molecule has 1 aliphatic carbocycles. The highest BCUT2D eigenvalue weighted by Gasteiger charge is 2.14. The smallest absolute Gasteiger partial charge is 0.338 e. The number of hydrogen-bond donors (Lipinski definition) is 2. The molecule has 27 heavy (non-hydrogen) atoms. The number of anilines is 2. The van der Waals surface area contributed by atoms with Gasteiger partial charge in [0.25, 0.3) is 5.91 Å². The topological polar surface area (TPSA) is 80.3 Å². The number of benzene rings is 1. The number of hydrogen-bond acceptors (Lipinski definition) is 5. The van der Waals surface area contributed by atoms with Crippen LogP contribution in [0.25, 0.3) is 0 Å². The fourth-order valence-corrected chi connectivity index (χ4v) is 3.18. The molecule has 1 heterocycles. The van der Waals surface area contributed by atoms with Gasteiger partial charge < -0.3 is 15.4 Å². The van der Waals surface area contributed by atoms with Gasteiger partial charge in [0, 0.05) is 17.9 Å². The van der Waals surface area contributed by atoms with E-state index in [2.05, 4.69) is 15.6 Å². The Bertz CT molecular complexity index is 766. The van der Waals surface area contributed by atoms with Crippen molar-refractivity contribution in [1.82, 2.24) is 4.98 Å². The van der Waals surface area contributed by atoms with Crippen molar-refractivity contribution in [2.24, 2.45) is 0 Å². The molecule has 0 radical (unpaired) electrons. The van der Waals surface area contributed by atoms with Crippen LogP contribution in [-0.2, 0) is 4.74 Å². The number of rotatable bonds is 6. The van der Waals surface area contributed by atoms with E-state index in [0.717, 1.165) is 5.82 Å². The first-order valence-electron chi connectivity index (χ1n) is 9.47. The van der Waals surface area contributed by atoms with Crippen molar-refractivity contribution in [3.8, 4) is 0 Å². The lowest BCUT2D eigenvalue weighted by Crippen LogP contribution is -2.22. The molecule has 0 aliphatic heterocycles. The average molecular weight is 367 g/mol. The molecule has 0 bridgehead atoms. The zero-order chi connectivity index (χ0) is 19.1. The van der Waals surface area contributed by atoms with Crippen LogP contribution in [-0.4, -0.2) is 29.5 Å². The molecule has 0 saturated heterocycles. The first kappa shape index (κ1) is 18.9. The molecule has 2 aromatic rings. The summed E-state index contributed by atoms with van der Waals surface area (Å²) in [5.74, 6) is 0.188. The molecule has 142 valence electrons. The lowest BCUT2D eigenvalue weighted by Gasteiger charge is -2.23. The molecule has 1 fully saturated rings. The Balaban J connectivity index is 1.56. The number of pyridine rings is 1. The number of ether oxygens (including phenoxy) is 1. The number of nitrogens with one attached hydrogen (secondary N) is 2. The minimum atomic E-state index is -0.374. The maximum Gasteiger partial charge on any atom is 0.338 e. The summed E-state index contributed by atoms with van der Waals surface area (Å²) >= 11 is 0. The van der Waals surface area contributed by atoms with Gasteiger partial charge in [-0.2, -0.15) is 0 Å². The van der Waals surface area contributed by atoms with Gasteiger partial charge in [-0.15, -0.1) is 0 Å². The number of nitrogens with zero attached hydrogens (tertiary/aromatic N) is 1. The SMILES string of the molecule is CCOC(=O)c1ccc(NC(=O)c2ccc(NC3CCCCC3)nc2)cc1. The van der Waals surface area contributed by atoms with Crippen LogP contribution >= 0.6 is 0 Å². The molecular weight excluding hydrogens is 342 g/mol. The lowest BCUT2D eigenvalue weighted by atomic mass is 9.95. The first-order valence-corrected chi connectivity index (χ1v) is 9.47. The van der Waals surface area contributed by atoms with Gasteiger partial charge in [-0.1, -0.05) is 19.3 Å². The second-order valence-corrected chi connectivity index (χ2v) is 6.66. The van der Waals surface area contributed by atoms with E-state index in [9.17, 15) is 9.59 Å². The van der Waals surface area contributed by atoms with Crippen molar-refractivity contribution in [1.29, 1.82) is 0 Å². The summed E-state index contributed by atoms with van der Waals surface area (Å²) in [7, 11) is 0. The summed E-state index contributed by atoms with van der Waals surface area (Å²) < 4.78 is 4.94. The molecule has 0 spiro atoms. The number of carbonyl (C=O) groups excluding carboxylic acids is 2. The fraction of sp³-hybridized carbons (Fsp3) is 0.381. The standard InChI is InChI=1S/C21H25N3O3/c1-2-27-21(26)15-8-11-18(12-9-15)24-20(25)16-10-13-19(22-14-16)23-17-6-4-3-5-7-17/h8-14,17H,2-7H2,1H3,(H,22,23)(H,24,25). The van der Waals surface area contributed by atoms with Crippen LogP contribution < -0.4 is 10.6 Å². The highest BCUT2D eigenvalue weighted by Crippen LogP contribution is 2.21. The summed E-state index contributed by atoms with van der Waals surface area (Å²) in [4.78, 5) is 28.4. The van der Waals surface area contributed by atoms with E-state index in [1.54, 1.807) is 43.5 Å². The van der Waals surface area contributed by atoms with Crippen LogP contribution in [0.1, 0.15) is 59.7 Å². The van der Waals surface area contributed by atoms with Crippen LogP contribution in [0.5, 0.6) is 0 Å². The first-order chi connectivity index (χ1) is 13.2. The minimum absolute atomic E-state index is 0.240. The largest absolute Gasteiger partial charge is 0.462 e. The Morgan fingerprint density at radius 2 is 1.74 bits per heavy atom. The van der Waals surface area contributed by atoms with E-state index in [-0.39, 0.29) is 11.9 Å². The van der Waals surface area contributed by atoms with Crippen molar-refractivity contribution < 1.29 is 14.3 Å². The van der Waals surface area contributed by atoms with E-state index in [4.69, 9.17) is 4.74 Å². The van der Waals surface area contributed by atoms with Gasteiger partial charge in [0.05, 0.1) is 17.7 Å². The second kappa shape index (κ2) is 9.16. The van der Waals surface area contributed by atoms with Gasteiger partial charge in [0.15, 0.2) is 0 Å². The number of aromatic nitrogens is 1. The van der Waals surface area contributed by atoms with Crippen molar-refractivity contribution in [2.45, 2.75) is 45.1 Å². The Hall–Kier alpha value is -2.89.